The minimum Gasteiger partial charge on any atom is -0.483 e. The number of carbonyl (C=O) groups excluding carboxylic acids is 4. The van der Waals surface area contributed by atoms with Gasteiger partial charge < -0.3 is 10.1 Å². The molecule has 5 rings (SSSR count). The standard InChI is InChI=1S/C27H24N4O5/c32-23(16-31-25(34)27(28-26(31)35)15-14-19-10-4-6-12-21(19)27)29-30-24(33)17-36-22-13-7-5-11-20(22)18-8-2-1-3-9-18/h1-13H,14-17H2,(H,28,35)(H,29,32)(H,30,33)/t27-/m0/s1. The van der Waals surface area contributed by atoms with Gasteiger partial charge in [0.15, 0.2) is 6.61 Å². The van der Waals surface area contributed by atoms with Gasteiger partial charge in [-0.2, -0.15) is 0 Å². The molecule has 36 heavy (non-hydrogen) atoms. The first-order valence-corrected chi connectivity index (χ1v) is 11.6. The van der Waals surface area contributed by atoms with Gasteiger partial charge in [0.1, 0.15) is 17.8 Å². The molecule has 5 amide bonds. The molecule has 3 aromatic carbocycles. The van der Waals surface area contributed by atoms with Crippen molar-refractivity contribution in [2.75, 3.05) is 13.2 Å². The van der Waals surface area contributed by atoms with Crippen LogP contribution in [0.4, 0.5) is 4.79 Å². The molecule has 0 bridgehead atoms. The maximum Gasteiger partial charge on any atom is 0.325 e. The van der Waals surface area contributed by atoms with Crippen LogP contribution in [0, 0.1) is 0 Å². The van der Waals surface area contributed by atoms with Gasteiger partial charge in [-0.3, -0.25) is 30.1 Å². The Morgan fingerprint density at radius 3 is 2.42 bits per heavy atom. The first kappa shape index (κ1) is 23.1. The van der Waals surface area contributed by atoms with Gasteiger partial charge in [0.05, 0.1) is 0 Å². The third-order valence-corrected chi connectivity index (χ3v) is 6.40. The number of rotatable bonds is 6. The van der Waals surface area contributed by atoms with Crippen molar-refractivity contribution in [2.24, 2.45) is 0 Å². The van der Waals surface area contributed by atoms with E-state index in [4.69, 9.17) is 4.74 Å². The number of imide groups is 1. The summed E-state index contributed by atoms with van der Waals surface area (Å²) in [6, 6.07) is 23.7. The Hall–Kier alpha value is -4.66. The molecule has 1 spiro atoms. The highest BCUT2D eigenvalue weighted by Gasteiger charge is 2.55. The summed E-state index contributed by atoms with van der Waals surface area (Å²) in [5.74, 6) is -1.25. The maximum absolute atomic E-state index is 13.1. The molecular formula is C27H24N4O5. The van der Waals surface area contributed by atoms with Crippen LogP contribution < -0.4 is 20.9 Å². The Morgan fingerprint density at radius 1 is 0.889 bits per heavy atom. The molecule has 1 saturated heterocycles. The zero-order valence-electron chi connectivity index (χ0n) is 19.3. The van der Waals surface area contributed by atoms with Gasteiger partial charge in [0.25, 0.3) is 17.7 Å². The van der Waals surface area contributed by atoms with E-state index in [9.17, 15) is 19.2 Å². The van der Waals surface area contributed by atoms with E-state index in [-0.39, 0.29) is 6.61 Å². The molecule has 0 aromatic heterocycles. The molecule has 1 fully saturated rings. The van der Waals surface area contributed by atoms with Gasteiger partial charge in [-0.05, 0) is 35.6 Å². The number of hydrazine groups is 1. The Morgan fingerprint density at radius 2 is 1.58 bits per heavy atom. The summed E-state index contributed by atoms with van der Waals surface area (Å²) in [7, 11) is 0. The first-order chi connectivity index (χ1) is 17.5. The summed E-state index contributed by atoms with van der Waals surface area (Å²) in [6.45, 7) is -0.861. The third kappa shape index (κ3) is 4.26. The Labute approximate surface area is 207 Å². The molecular weight excluding hydrogens is 460 g/mol. The molecule has 0 unspecified atom stereocenters. The molecule has 1 aliphatic heterocycles. The molecule has 3 aromatic rings. The van der Waals surface area contributed by atoms with Crippen LogP contribution in [0.25, 0.3) is 11.1 Å². The number of hydrogen-bond donors (Lipinski definition) is 3. The lowest BCUT2D eigenvalue weighted by atomic mass is 9.92. The van der Waals surface area contributed by atoms with Crippen molar-refractivity contribution in [2.45, 2.75) is 18.4 Å². The van der Waals surface area contributed by atoms with Gasteiger partial charge in [-0.1, -0.05) is 72.8 Å². The topological polar surface area (TPSA) is 117 Å². The van der Waals surface area contributed by atoms with Crippen LogP contribution >= 0.6 is 0 Å². The van der Waals surface area contributed by atoms with E-state index in [2.05, 4.69) is 16.2 Å². The molecule has 1 heterocycles. The fraction of sp³-hybridized carbons (Fsp3) is 0.185. The van der Waals surface area contributed by atoms with Crippen molar-refractivity contribution >= 4 is 23.8 Å². The van der Waals surface area contributed by atoms with E-state index in [0.29, 0.717) is 18.6 Å². The summed E-state index contributed by atoms with van der Waals surface area (Å²) in [5.41, 5.74) is 6.88. The average molecular weight is 485 g/mol. The number of amides is 5. The van der Waals surface area contributed by atoms with E-state index in [1.165, 1.54) is 0 Å². The Kier molecular flexibility index (Phi) is 6.12. The number of ether oxygens (including phenoxy) is 1. The van der Waals surface area contributed by atoms with Gasteiger partial charge >= 0.3 is 6.03 Å². The van der Waals surface area contributed by atoms with Gasteiger partial charge in [-0.25, -0.2) is 4.79 Å². The van der Waals surface area contributed by atoms with Crippen LogP contribution in [0.1, 0.15) is 17.5 Å². The maximum atomic E-state index is 13.1. The molecule has 9 nitrogen and oxygen atoms in total. The van der Waals surface area contributed by atoms with E-state index < -0.39 is 35.8 Å². The number of carbonyl (C=O) groups is 4. The second kappa shape index (κ2) is 9.53. The summed E-state index contributed by atoms with van der Waals surface area (Å²) < 4.78 is 5.66. The van der Waals surface area contributed by atoms with Crippen LogP contribution in [0.3, 0.4) is 0 Å². The zero-order valence-corrected chi connectivity index (χ0v) is 19.3. The van der Waals surface area contributed by atoms with Crippen LogP contribution in [-0.4, -0.2) is 41.8 Å². The Balaban J connectivity index is 1.15. The van der Waals surface area contributed by atoms with Crippen LogP contribution in [0.15, 0.2) is 78.9 Å². The number of nitrogens with zero attached hydrogens (tertiary/aromatic N) is 1. The van der Waals surface area contributed by atoms with Crippen molar-refractivity contribution < 1.29 is 23.9 Å². The van der Waals surface area contributed by atoms with Gasteiger partial charge in [-0.15, -0.1) is 0 Å². The van der Waals surface area contributed by atoms with Crippen molar-refractivity contribution in [3.05, 3.63) is 90.0 Å². The van der Waals surface area contributed by atoms with Gasteiger partial charge in [0, 0.05) is 5.56 Å². The summed E-state index contributed by atoms with van der Waals surface area (Å²) in [4.78, 5) is 51.2. The number of fused-ring (bicyclic) bond motifs is 2. The SMILES string of the molecule is O=C(COc1ccccc1-c1ccccc1)NNC(=O)CN1C(=O)N[C@]2(CCc3ccccc32)C1=O. The van der Waals surface area contributed by atoms with Crippen molar-refractivity contribution in [1.82, 2.24) is 21.1 Å². The van der Waals surface area contributed by atoms with E-state index in [1.54, 1.807) is 12.1 Å². The van der Waals surface area contributed by atoms with Crippen molar-refractivity contribution in [3.8, 4) is 16.9 Å². The smallest absolute Gasteiger partial charge is 0.325 e. The third-order valence-electron chi connectivity index (χ3n) is 6.40. The van der Waals surface area contributed by atoms with E-state index in [1.807, 2.05) is 66.7 Å². The number of nitrogens with one attached hydrogen (secondary N) is 3. The fourth-order valence-corrected chi connectivity index (χ4v) is 4.68. The van der Waals surface area contributed by atoms with Crippen molar-refractivity contribution in [1.29, 1.82) is 0 Å². The van der Waals surface area contributed by atoms with Crippen molar-refractivity contribution in [3.63, 3.8) is 0 Å². The number of benzene rings is 3. The minimum absolute atomic E-state index is 0.340. The van der Waals surface area contributed by atoms with E-state index in [0.717, 1.165) is 27.2 Å². The largest absolute Gasteiger partial charge is 0.483 e. The second-order valence-electron chi connectivity index (χ2n) is 8.63. The van der Waals surface area contributed by atoms with Crippen LogP contribution in [-0.2, 0) is 26.3 Å². The highest BCUT2D eigenvalue weighted by Crippen LogP contribution is 2.41. The normalized spacial score (nSPS) is 18.1. The highest BCUT2D eigenvalue weighted by atomic mass is 16.5. The monoisotopic (exact) mass is 484 g/mol. The molecule has 0 radical (unpaired) electrons. The average Bonchev–Trinajstić information content (AvgIpc) is 3.39. The summed E-state index contributed by atoms with van der Waals surface area (Å²) >= 11 is 0. The fourth-order valence-electron chi connectivity index (χ4n) is 4.68. The lowest BCUT2D eigenvalue weighted by molar-refractivity contribution is -0.136. The number of para-hydroxylation sites is 1. The lowest BCUT2D eigenvalue weighted by Crippen LogP contribution is -2.49. The molecule has 182 valence electrons. The zero-order chi connectivity index (χ0) is 25.1. The predicted molar refractivity (Wildman–Crippen MR) is 130 cm³/mol. The lowest BCUT2D eigenvalue weighted by Gasteiger charge is -2.22. The van der Waals surface area contributed by atoms with Gasteiger partial charge in [0.2, 0.25) is 0 Å². The molecule has 1 aliphatic carbocycles. The molecule has 3 N–H and O–H groups in total. The van der Waals surface area contributed by atoms with E-state index >= 15 is 0 Å². The first-order valence-electron chi connectivity index (χ1n) is 11.6. The second-order valence-corrected chi connectivity index (χ2v) is 8.63. The molecule has 1 atom stereocenters. The van der Waals surface area contributed by atoms with Crippen LogP contribution in [0.2, 0.25) is 0 Å². The van der Waals surface area contributed by atoms with Crippen LogP contribution in [0.5, 0.6) is 5.75 Å². The number of hydrogen-bond acceptors (Lipinski definition) is 5. The summed E-state index contributed by atoms with van der Waals surface area (Å²) in [6.07, 6.45) is 1.10. The Bertz CT molecular complexity index is 1340. The molecule has 9 heteroatoms. The molecule has 2 aliphatic rings. The predicted octanol–water partition coefficient (Wildman–Crippen LogP) is 2.27. The summed E-state index contributed by atoms with van der Waals surface area (Å²) in [5, 5.41) is 2.76. The number of urea groups is 1. The number of aryl methyl sites for hydroxylation is 1. The quantitative estimate of drug-likeness (QED) is 0.367. The molecule has 0 saturated carbocycles. The minimum atomic E-state index is -1.14. The highest BCUT2D eigenvalue weighted by molar-refractivity contribution is 6.10.